The van der Waals surface area contributed by atoms with Gasteiger partial charge in [-0.05, 0) is 50.5 Å². The van der Waals surface area contributed by atoms with Gasteiger partial charge in [-0.2, -0.15) is 0 Å². The summed E-state index contributed by atoms with van der Waals surface area (Å²) in [6, 6.07) is 9.72. The number of aryl methyl sites for hydroxylation is 2. The fourth-order valence-electron chi connectivity index (χ4n) is 5.15. The second kappa shape index (κ2) is 7.58. The van der Waals surface area contributed by atoms with E-state index < -0.39 is 0 Å². The number of carbonyl (C=O) groups excluding carboxylic acids is 1. The van der Waals surface area contributed by atoms with Gasteiger partial charge in [-0.25, -0.2) is 0 Å². The van der Waals surface area contributed by atoms with Gasteiger partial charge >= 0.3 is 0 Å². The molecule has 0 spiro atoms. The summed E-state index contributed by atoms with van der Waals surface area (Å²) in [7, 11) is 0. The number of amides is 1. The average Bonchev–Trinajstić information content (AvgIpc) is 3.55. The number of fused-ring (bicyclic) bond motifs is 2. The molecule has 7 nitrogen and oxygen atoms in total. The van der Waals surface area contributed by atoms with Gasteiger partial charge < -0.3 is 13.7 Å². The second-order valence-electron chi connectivity index (χ2n) is 8.62. The van der Waals surface area contributed by atoms with Crippen LogP contribution >= 0.6 is 0 Å². The fourth-order valence-corrected chi connectivity index (χ4v) is 5.15. The number of hydrogen-bond donors (Lipinski definition) is 0. The molecule has 2 aliphatic rings. The summed E-state index contributed by atoms with van der Waals surface area (Å²) in [5.74, 6) is 2.57. The lowest BCUT2D eigenvalue weighted by atomic mass is 9.94. The van der Waals surface area contributed by atoms with Gasteiger partial charge in [-0.3, -0.25) is 9.78 Å². The van der Waals surface area contributed by atoms with Crippen molar-refractivity contribution in [1.29, 1.82) is 0 Å². The molecule has 1 amide bonds. The summed E-state index contributed by atoms with van der Waals surface area (Å²) in [4.78, 5) is 20.0. The molecule has 32 heavy (non-hydrogen) atoms. The predicted molar refractivity (Wildman–Crippen MR) is 118 cm³/mol. The highest BCUT2D eigenvalue weighted by molar-refractivity contribution is 5.97. The third-order valence-electron chi connectivity index (χ3n) is 6.68. The van der Waals surface area contributed by atoms with E-state index in [9.17, 15) is 4.79 Å². The molecule has 6 rings (SSSR count). The molecule has 0 bridgehead atoms. The molecule has 1 aliphatic carbocycles. The molecule has 162 valence electrons. The van der Waals surface area contributed by atoms with Gasteiger partial charge in [0.05, 0.1) is 5.56 Å². The van der Waals surface area contributed by atoms with Gasteiger partial charge in [0.25, 0.3) is 11.8 Å². The van der Waals surface area contributed by atoms with Gasteiger partial charge in [0.1, 0.15) is 23.3 Å². The molecule has 1 atom stereocenters. The second-order valence-corrected chi connectivity index (χ2v) is 8.62. The average molecular weight is 428 g/mol. The quantitative estimate of drug-likeness (QED) is 0.454. The normalized spacial score (nSPS) is 18.3. The van der Waals surface area contributed by atoms with Gasteiger partial charge in [0, 0.05) is 30.1 Å². The van der Waals surface area contributed by atoms with E-state index in [2.05, 4.69) is 15.2 Å². The van der Waals surface area contributed by atoms with Crippen LogP contribution in [0, 0.1) is 6.92 Å². The van der Waals surface area contributed by atoms with Crippen molar-refractivity contribution in [3.05, 3.63) is 65.1 Å². The largest absolute Gasteiger partial charge is 0.465 e. The number of benzene rings is 1. The van der Waals surface area contributed by atoms with E-state index in [4.69, 9.17) is 8.83 Å². The van der Waals surface area contributed by atoms with E-state index in [0.29, 0.717) is 24.0 Å². The molecule has 3 aromatic heterocycles. The highest BCUT2D eigenvalue weighted by Crippen LogP contribution is 2.37. The molecular formula is C25H24N4O3. The van der Waals surface area contributed by atoms with E-state index in [-0.39, 0.29) is 11.9 Å². The first-order chi connectivity index (χ1) is 15.7. The summed E-state index contributed by atoms with van der Waals surface area (Å²) in [5.41, 5.74) is 2.50. The molecule has 1 aromatic carbocycles. The summed E-state index contributed by atoms with van der Waals surface area (Å²) in [5, 5.41) is 10.6. The molecule has 1 unspecified atom stereocenters. The Morgan fingerprint density at radius 3 is 2.88 bits per heavy atom. The number of nitrogens with zero attached hydrogens (tertiary/aromatic N) is 4. The van der Waals surface area contributed by atoms with E-state index in [0.717, 1.165) is 71.9 Å². The lowest BCUT2D eigenvalue weighted by Gasteiger charge is -2.23. The molecule has 0 saturated carbocycles. The predicted octanol–water partition coefficient (Wildman–Crippen LogP) is 5.04. The number of hydrogen-bond acceptors (Lipinski definition) is 6. The minimum Gasteiger partial charge on any atom is -0.465 e. The molecule has 4 aromatic rings. The van der Waals surface area contributed by atoms with Crippen molar-refractivity contribution < 1.29 is 13.6 Å². The molecule has 0 N–H and O–H groups in total. The van der Waals surface area contributed by atoms with Gasteiger partial charge in [-0.1, -0.05) is 24.3 Å². The molecular weight excluding hydrogens is 404 g/mol. The minimum absolute atomic E-state index is 0.0138. The van der Waals surface area contributed by atoms with E-state index >= 15 is 0 Å². The number of aromatic nitrogens is 3. The van der Waals surface area contributed by atoms with Crippen molar-refractivity contribution in [2.45, 2.75) is 51.5 Å². The smallest absolute Gasteiger partial charge is 0.267 e. The Morgan fingerprint density at radius 2 is 1.94 bits per heavy atom. The van der Waals surface area contributed by atoms with Crippen molar-refractivity contribution in [3.8, 4) is 11.6 Å². The number of pyridine rings is 1. The van der Waals surface area contributed by atoms with Crippen LogP contribution in [0.1, 0.15) is 65.1 Å². The Morgan fingerprint density at radius 1 is 1.06 bits per heavy atom. The highest BCUT2D eigenvalue weighted by Gasteiger charge is 2.37. The number of furan rings is 1. The third-order valence-corrected chi connectivity index (χ3v) is 6.68. The summed E-state index contributed by atoms with van der Waals surface area (Å²) in [6.07, 6.45) is 7.49. The van der Waals surface area contributed by atoms with Crippen LogP contribution in [-0.2, 0) is 12.8 Å². The highest BCUT2D eigenvalue weighted by atomic mass is 16.4. The molecule has 1 saturated heterocycles. The van der Waals surface area contributed by atoms with E-state index in [1.54, 1.807) is 6.20 Å². The maximum atomic E-state index is 13.6. The van der Waals surface area contributed by atoms with Crippen molar-refractivity contribution >= 4 is 16.7 Å². The maximum absolute atomic E-state index is 13.6. The number of likely N-dealkylation sites (tertiary alicyclic amines) is 1. The van der Waals surface area contributed by atoms with E-state index in [1.807, 2.05) is 42.2 Å². The van der Waals surface area contributed by atoms with Gasteiger partial charge in [0.15, 0.2) is 0 Å². The molecule has 1 aliphatic heterocycles. The summed E-state index contributed by atoms with van der Waals surface area (Å²) in [6.45, 7) is 2.57. The van der Waals surface area contributed by atoms with Gasteiger partial charge in [0.2, 0.25) is 5.89 Å². The van der Waals surface area contributed by atoms with Crippen LogP contribution in [0.15, 0.2) is 45.4 Å². The standard InChI is InChI=1S/C25H24N4O3/c1-15-21(18-9-4-5-11-20(18)31-15)25(30)29-14-6-10-19(29)23-27-28-24(32-23)22-17-8-3-2-7-16(17)12-13-26-22/h2-3,7-8,12-13,19H,4-6,9-11,14H2,1H3. The maximum Gasteiger partial charge on any atom is 0.267 e. The third kappa shape index (κ3) is 3.03. The fraction of sp³-hybridized carbons (Fsp3) is 0.360. The Balaban J connectivity index is 1.33. The summed E-state index contributed by atoms with van der Waals surface area (Å²) >= 11 is 0. The van der Waals surface area contributed by atoms with Gasteiger partial charge in [-0.15, -0.1) is 10.2 Å². The topological polar surface area (TPSA) is 85.3 Å². The first kappa shape index (κ1) is 19.2. The number of rotatable bonds is 3. The van der Waals surface area contributed by atoms with Crippen molar-refractivity contribution in [3.63, 3.8) is 0 Å². The first-order valence-corrected chi connectivity index (χ1v) is 11.3. The number of carbonyl (C=O) groups is 1. The summed E-state index contributed by atoms with van der Waals surface area (Å²) < 4.78 is 12.1. The van der Waals surface area contributed by atoms with Crippen molar-refractivity contribution in [2.75, 3.05) is 6.54 Å². The Kier molecular flexibility index (Phi) is 4.56. The van der Waals surface area contributed by atoms with Crippen molar-refractivity contribution in [1.82, 2.24) is 20.1 Å². The SMILES string of the molecule is Cc1oc2c(c1C(=O)N1CCCC1c1nnc(-c3nccc4ccccc34)o1)CCCC2. The zero-order valence-electron chi connectivity index (χ0n) is 18.0. The van der Waals surface area contributed by atoms with Crippen molar-refractivity contribution in [2.24, 2.45) is 0 Å². The van der Waals surface area contributed by atoms with Crippen LogP contribution < -0.4 is 0 Å². The van der Waals surface area contributed by atoms with Crippen LogP contribution in [-0.4, -0.2) is 32.5 Å². The molecule has 4 heterocycles. The Labute approximate surface area is 185 Å². The Bertz CT molecular complexity index is 1320. The minimum atomic E-state index is -0.229. The van der Waals surface area contributed by atoms with Crippen LogP contribution in [0.2, 0.25) is 0 Å². The Hall–Kier alpha value is -3.48. The van der Waals surface area contributed by atoms with Crippen LogP contribution in [0.4, 0.5) is 0 Å². The molecule has 0 radical (unpaired) electrons. The molecule has 7 heteroatoms. The van der Waals surface area contributed by atoms with E-state index in [1.165, 1.54) is 0 Å². The zero-order chi connectivity index (χ0) is 21.7. The van der Waals surface area contributed by atoms with Crippen LogP contribution in [0.25, 0.3) is 22.4 Å². The lowest BCUT2D eigenvalue weighted by Crippen LogP contribution is -2.31. The first-order valence-electron chi connectivity index (χ1n) is 11.3. The monoisotopic (exact) mass is 428 g/mol. The van der Waals surface area contributed by atoms with Crippen LogP contribution in [0.3, 0.4) is 0 Å². The van der Waals surface area contributed by atoms with Crippen LogP contribution in [0.5, 0.6) is 0 Å². The zero-order valence-corrected chi connectivity index (χ0v) is 18.0. The lowest BCUT2D eigenvalue weighted by molar-refractivity contribution is 0.0713. The molecule has 1 fully saturated rings.